The molecule has 3 N–H and O–H groups in total. The minimum atomic E-state index is -2.42. The Morgan fingerprint density at radius 3 is 2.33 bits per heavy atom. The van der Waals surface area contributed by atoms with E-state index in [2.05, 4.69) is 11.4 Å². The van der Waals surface area contributed by atoms with Crippen molar-refractivity contribution < 1.29 is 8.78 Å². The van der Waals surface area contributed by atoms with Gasteiger partial charge in [0, 0.05) is 18.2 Å². The highest BCUT2D eigenvalue weighted by Gasteiger charge is 2.10. The predicted octanol–water partition coefficient (Wildman–Crippen LogP) is 3.18. The highest BCUT2D eigenvalue weighted by atomic mass is 19.3. The van der Waals surface area contributed by atoms with E-state index in [-0.39, 0.29) is 11.6 Å². The minimum Gasteiger partial charge on any atom is -0.329 e. The van der Waals surface area contributed by atoms with Gasteiger partial charge in [-0.25, -0.2) is 8.78 Å². The SMILES string of the molecule is C/C=C/CCNC(CN)c1ccc(C(F)F)cc1. The maximum atomic E-state index is 12.4. The Hall–Kier alpha value is -1.26. The van der Waals surface area contributed by atoms with Gasteiger partial charge in [0.05, 0.1) is 0 Å². The van der Waals surface area contributed by atoms with Crippen LogP contribution in [0.2, 0.25) is 0 Å². The summed E-state index contributed by atoms with van der Waals surface area (Å²) >= 11 is 0. The molecule has 1 aromatic carbocycles. The van der Waals surface area contributed by atoms with Gasteiger partial charge in [0.1, 0.15) is 0 Å². The van der Waals surface area contributed by atoms with Crippen LogP contribution in [0.5, 0.6) is 0 Å². The molecule has 1 atom stereocenters. The van der Waals surface area contributed by atoms with Gasteiger partial charge in [0.2, 0.25) is 0 Å². The summed E-state index contributed by atoms with van der Waals surface area (Å²) in [7, 11) is 0. The summed E-state index contributed by atoms with van der Waals surface area (Å²) < 4.78 is 24.8. The predicted molar refractivity (Wildman–Crippen MR) is 70.6 cm³/mol. The van der Waals surface area contributed by atoms with Gasteiger partial charge in [-0.15, -0.1) is 0 Å². The summed E-state index contributed by atoms with van der Waals surface area (Å²) in [4.78, 5) is 0. The minimum absolute atomic E-state index is 0.0157. The Morgan fingerprint density at radius 1 is 1.22 bits per heavy atom. The molecule has 0 fully saturated rings. The normalized spacial score (nSPS) is 13.4. The van der Waals surface area contributed by atoms with Crippen LogP contribution in [0.25, 0.3) is 0 Å². The molecule has 18 heavy (non-hydrogen) atoms. The van der Waals surface area contributed by atoms with E-state index in [0.29, 0.717) is 6.54 Å². The molecule has 0 heterocycles. The third kappa shape index (κ3) is 4.55. The molecule has 1 aromatic rings. The monoisotopic (exact) mass is 254 g/mol. The van der Waals surface area contributed by atoms with E-state index in [1.807, 2.05) is 13.0 Å². The third-order valence-corrected chi connectivity index (χ3v) is 2.76. The Balaban J connectivity index is 2.58. The number of halogens is 2. The highest BCUT2D eigenvalue weighted by molar-refractivity contribution is 5.26. The van der Waals surface area contributed by atoms with Gasteiger partial charge < -0.3 is 11.1 Å². The second-order valence-electron chi connectivity index (χ2n) is 4.07. The van der Waals surface area contributed by atoms with Gasteiger partial charge in [-0.05, 0) is 25.5 Å². The first-order chi connectivity index (χ1) is 8.69. The van der Waals surface area contributed by atoms with Crippen LogP contribution in [0.15, 0.2) is 36.4 Å². The van der Waals surface area contributed by atoms with E-state index in [4.69, 9.17) is 5.73 Å². The van der Waals surface area contributed by atoms with E-state index in [0.717, 1.165) is 18.5 Å². The van der Waals surface area contributed by atoms with Gasteiger partial charge in [0.15, 0.2) is 0 Å². The molecule has 1 rings (SSSR count). The molecule has 2 nitrogen and oxygen atoms in total. The zero-order chi connectivity index (χ0) is 13.4. The molecule has 4 heteroatoms. The summed E-state index contributed by atoms with van der Waals surface area (Å²) in [5, 5.41) is 3.31. The molecule has 0 aromatic heterocycles. The molecule has 0 bridgehead atoms. The molecular formula is C14H20F2N2. The highest BCUT2D eigenvalue weighted by Crippen LogP contribution is 2.21. The van der Waals surface area contributed by atoms with Gasteiger partial charge in [-0.1, -0.05) is 36.4 Å². The first-order valence-electron chi connectivity index (χ1n) is 6.11. The fourth-order valence-corrected chi connectivity index (χ4v) is 1.72. The van der Waals surface area contributed by atoms with Crippen LogP contribution in [-0.2, 0) is 0 Å². The third-order valence-electron chi connectivity index (χ3n) is 2.76. The van der Waals surface area contributed by atoms with Crippen molar-refractivity contribution in [1.82, 2.24) is 5.32 Å². The van der Waals surface area contributed by atoms with Crippen molar-refractivity contribution in [2.24, 2.45) is 5.73 Å². The lowest BCUT2D eigenvalue weighted by Crippen LogP contribution is -2.28. The van der Waals surface area contributed by atoms with Crippen molar-refractivity contribution in [3.63, 3.8) is 0 Å². The smallest absolute Gasteiger partial charge is 0.263 e. The summed E-state index contributed by atoms with van der Waals surface area (Å²) in [6.07, 6.45) is 2.58. The fraction of sp³-hybridized carbons (Fsp3) is 0.429. The quantitative estimate of drug-likeness (QED) is 0.579. The van der Waals surface area contributed by atoms with Gasteiger partial charge in [0.25, 0.3) is 6.43 Å². The van der Waals surface area contributed by atoms with E-state index in [1.165, 1.54) is 12.1 Å². The Morgan fingerprint density at radius 2 is 1.83 bits per heavy atom. The standard InChI is InChI=1S/C14H20F2N2/c1-2-3-4-9-18-13(10-17)11-5-7-12(8-6-11)14(15)16/h2-3,5-8,13-14,18H,4,9-10,17H2,1H3/b3-2+. The lowest BCUT2D eigenvalue weighted by Gasteiger charge is -2.17. The lowest BCUT2D eigenvalue weighted by atomic mass is 10.0. The summed E-state index contributed by atoms with van der Waals surface area (Å²) in [6, 6.07) is 6.35. The van der Waals surface area contributed by atoms with Crippen molar-refractivity contribution >= 4 is 0 Å². The van der Waals surface area contributed by atoms with Crippen LogP contribution in [0.1, 0.15) is 36.9 Å². The number of hydrogen-bond acceptors (Lipinski definition) is 2. The molecule has 0 aliphatic rings. The lowest BCUT2D eigenvalue weighted by molar-refractivity contribution is 0.151. The number of rotatable bonds is 7. The van der Waals surface area contributed by atoms with Crippen molar-refractivity contribution in [2.75, 3.05) is 13.1 Å². The molecule has 0 saturated heterocycles. The number of nitrogens with one attached hydrogen (secondary N) is 1. The second-order valence-corrected chi connectivity index (χ2v) is 4.07. The number of benzene rings is 1. The van der Waals surface area contributed by atoms with Crippen LogP contribution in [0.4, 0.5) is 8.78 Å². The summed E-state index contributed by atoms with van der Waals surface area (Å²) in [6.45, 7) is 3.25. The van der Waals surface area contributed by atoms with Crippen LogP contribution in [-0.4, -0.2) is 13.1 Å². The Kier molecular flexibility index (Phi) is 6.54. The largest absolute Gasteiger partial charge is 0.329 e. The maximum absolute atomic E-state index is 12.4. The topological polar surface area (TPSA) is 38.0 Å². The average molecular weight is 254 g/mol. The van der Waals surface area contributed by atoms with Crippen LogP contribution in [0, 0.1) is 0 Å². The van der Waals surface area contributed by atoms with Crippen molar-refractivity contribution in [3.8, 4) is 0 Å². The average Bonchev–Trinajstić information content (AvgIpc) is 2.39. The van der Waals surface area contributed by atoms with Crippen molar-refractivity contribution in [1.29, 1.82) is 0 Å². The molecule has 0 radical (unpaired) electrons. The summed E-state index contributed by atoms with van der Waals surface area (Å²) in [5.41, 5.74) is 6.68. The molecule has 0 aliphatic heterocycles. The number of nitrogens with two attached hydrogens (primary N) is 1. The number of hydrogen-bond donors (Lipinski definition) is 2. The van der Waals surface area contributed by atoms with E-state index in [9.17, 15) is 8.78 Å². The Labute approximate surface area is 107 Å². The zero-order valence-corrected chi connectivity index (χ0v) is 10.6. The molecule has 100 valence electrons. The van der Waals surface area contributed by atoms with Gasteiger partial charge >= 0.3 is 0 Å². The zero-order valence-electron chi connectivity index (χ0n) is 10.6. The van der Waals surface area contributed by atoms with Crippen LogP contribution < -0.4 is 11.1 Å². The van der Waals surface area contributed by atoms with Crippen LogP contribution >= 0.6 is 0 Å². The number of alkyl halides is 2. The van der Waals surface area contributed by atoms with Gasteiger partial charge in [-0.2, -0.15) is 0 Å². The van der Waals surface area contributed by atoms with Crippen LogP contribution in [0.3, 0.4) is 0 Å². The molecular weight excluding hydrogens is 234 g/mol. The first kappa shape index (κ1) is 14.8. The van der Waals surface area contributed by atoms with Gasteiger partial charge in [-0.3, -0.25) is 0 Å². The fourth-order valence-electron chi connectivity index (χ4n) is 1.72. The summed E-state index contributed by atoms with van der Waals surface area (Å²) in [5.74, 6) is 0. The molecule has 0 spiro atoms. The Bertz CT molecular complexity index is 361. The molecule has 1 unspecified atom stereocenters. The van der Waals surface area contributed by atoms with Crippen molar-refractivity contribution in [2.45, 2.75) is 25.8 Å². The second kappa shape index (κ2) is 7.95. The molecule has 0 aliphatic carbocycles. The van der Waals surface area contributed by atoms with E-state index < -0.39 is 6.43 Å². The molecule has 0 saturated carbocycles. The van der Waals surface area contributed by atoms with E-state index >= 15 is 0 Å². The number of allylic oxidation sites excluding steroid dienone is 1. The van der Waals surface area contributed by atoms with E-state index in [1.54, 1.807) is 12.1 Å². The first-order valence-corrected chi connectivity index (χ1v) is 6.11. The maximum Gasteiger partial charge on any atom is 0.263 e. The molecule has 0 amide bonds. The van der Waals surface area contributed by atoms with Crippen molar-refractivity contribution in [3.05, 3.63) is 47.5 Å².